The lowest BCUT2D eigenvalue weighted by Crippen LogP contribution is -2.29. The van der Waals surface area contributed by atoms with E-state index in [0.29, 0.717) is 12.4 Å². The summed E-state index contributed by atoms with van der Waals surface area (Å²) in [7, 11) is 0. The Hall–Kier alpha value is -3.16. The molecule has 3 rings (SSSR count). The lowest BCUT2D eigenvalue weighted by molar-refractivity contribution is -0.121. The molecule has 0 saturated heterocycles. The number of anilines is 1. The summed E-state index contributed by atoms with van der Waals surface area (Å²) in [5, 5.41) is 14.1. The number of aromatic amines is 1. The van der Waals surface area contributed by atoms with E-state index in [1.165, 1.54) is 28.8 Å². The maximum Gasteiger partial charge on any atom is 0.241 e. The van der Waals surface area contributed by atoms with Crippen LogP contribution in [0.3, 0.4) is 0 Å². The van der Waals surface area contributed by atoms with Crippen LogP contribution in [0, 0.1) is 0 Å². The number of carbonyl (C=O) groups is 2. The van der Waals surface area contributed by atoms with Crippen LogP contribution in [0.25, 0.3) is 10.9 Å². The molecule has 0 aliphatic heterocycles. The van der Waals surface area contributed by atoms with Crippen molar-refractivity contribution < 1.29 is 9.59 Å². The molecule has 0 bridgehead atoms. The van der Waals surface area contributed by atoms with Crippen molar-refractivity contribution in [2.75, 3.05) is 11.9 Å². The zero-order chi connectivity index (χ0) is 16.9. The van der Waals surface area contributed by atoms with E-state index in [0.717, 1.165) is 11.9 Å². The van der Waals surface area contributed by atoms with Gasteiger partial charge in [0.25, 0.3) is 0 Å². The van der Waals surface area contributed by atoms with E-state index in [4.69, 9.17) is 0 Å². The zero-order valence-corrected chi connectivity index (χ0v) is 13.2. The van der Waals surface area contributed by atoms with Gasteiger partial charge in [-0.25, -0.2) is 4.68 Å². The molecule has 8 nitrogen and oxygen atoms in total. The van der Waals surface area contributed by atoms with Crippen LogP contribution in [-0.4, -0.2) is 38.3 Å². The van der Waals surface area contributed by atoms with Gasteiger partial charge in [0, 0.05) is 30.6 Å². The van der Waals surface area contributed by atoms with Crippen LogP contribution < -0.4 is 10.6 Å². The Kier molecular flexibility index (Phi) is 4.55. The van der Waals surface area contributed by atoms with E-state index in [2.05, 4.69) is 32.0 Å². The predicted molar refractivity (Wildman–Crippen MR) is 89.3 cm³/mol. The first-order valence-corrected chi connectivity index (χ1v) is 7.61. The van der Waals surface area contributed by atoms with E-state index in [1.54, 1.807) is 0 Å². The van der Waals surface area contributed by atoms with Crippen LogP contribution in [0.2, 0.25) is 0 Å². The minimum absolute atomic E-state index is 0.0560. The minimum Gasteiger partial charge on any atom is -0.361 e. The van der Waals surface area contributed by atoms with E-state index in [9.17, 15) is 9.59 Å². The summed E-state index contributed by atoms with van der Waals surface area (Å²) < 4.78 is 1.38. The molecule has 124 valence electrons. The summed E-state index contributed by atoms with van der Waals surface area (Å²) in [6, 6.07) is 8.06. The first-order chi connectivity index (χ1) is 11.6. The van der Waals surface area contributed by atoms with E-state index in [1.807, 2.05) is 24.4 Å². The van der Waals surface area contributed by atoms with Crippen molar-refractivity contribution in [1.29, 1.82) is 0 Å². The second kappa shape index (κ2) is 6.95. The smallest absolute Gasteiger partial charge is 0.241 e. The number of H-pyrrole nitrogens is 1. The first-order valence-electron chi connectivity index (χ1n) is 7.61. The number of hydrogen-bond donors (Lipinski definition) is 3. The molecule has 0 atom stereocenters. The fourth-order valence-corrected chi connectivity index (χ4v) is 2.49. The fraction of sp³-hybridized carbons (Fsp3) is 0.250. The standard InChI is InChI=1S/C16H18N6O2/c1-11(23)19-15-9-22(21-20-15)10-16(24)17-7-6-12-8-18-14-5-3-2-4-13(12)14/h2-5,8-9,18H,6-7,10H2,1H3,(H,17,24)(H,19,23). The third-order valence-corrected chi connectivity index (χ3v) is 3.54. The topological polar surface area (TPSA) is 105 Å². The summed E-state index contributed by atoms with van der Waals surface area (Å²) in [6.45, 7) is 1.98. The zero-order valence-electron chi connectivity index (χ0n) is 13.2. The fourth-order valence-electron chi connectivity index (χ4n) is 2.49. The molecule has 24 heavy (non-hydrogen) atoms. The molecule has 2 aromatic heterocycles. The van der Waals surface area contributed by atoms with Crippen molar-refractivity contribution in [2.24, 2.45) is 0 Å². The van der Waals surface area contributed by atoms with Crippen LogP contribution >= 0.6 is 0 Å². The molecule has 0 fully saturated rings. The maximum atomic E-state index is 11.9. The first kappa shape index (κ1) is 15.7. The van der Waals surface area contributed by atoms with Gasteiger partial charge >= 0.3 is 0 Å². The molecule has 0 radical (unpaired) electrons. The number of nitrogens with one attached hydrogen (secondary N) is 3. The average Bonchev–Trinajstić information content (AvgIpc) is 3.14. The van der Waals surface area contributed by atoms with Gasteiger partial charge in [0.15, 0.2) is 5.82 Å². The van der Waals surface area contributed by atoms with Gasteiger partial charge < -0.3 is 15.6 Å². The van der Waals surface area contributed by atoms with Crippen molar-refractivity contribution in [3.8, 4) is 0 Å². The second-order valence-electron chi connectivity index (χ2n) is 5.44. The van der Waals surface area contributed by atoms with E-state index in [-0.39, 0.29) is 18.4 Å². The Morgan fingerprint density at radius 3 is 2.96 bits per heavy atom. The Morgan fingerprint density at radius 1 is 1.29 bits per heavy atom. The lowest BCUT2D eigenvalue weighted by atomic mass is 10.1. The highest BCUT2D eigenvalue weighted by molar-refractivity contribution is 5.87. The van der Waals surface area contributed by atoms with Gasteiger partial charge in [-0.15, -0.1) is 5.10 Å². The summed E-state index contributed by atoms with van der Waals surface area (Å²) in [6.07, 6.45) is 4.22. The van der Waals surface area contributed by atoms with Crippen molar-refractivity contribution in [3.63, 3.8) is 0 Å². The van der Waals surface area contributed by atoms with Crippen LogP contribution in [0.1, 0.15) is 12.5 Å². The van der Waals surface area contributed by atoms with Crippen LogP contribution in [0.4, 0.5) is 5.82 Å². The molecular weight excluding hydrogens is 308 g/mol. The number of para-hydroxylation sites is 1. The van der Waals surface area contributed by atoms with E-state index >= 15 is 0 Å². The molecule has 0 unspecified atom stereocenters. The third-order valence-electron chi connectivity index (χ3n) is 3.54. The summed E-state index contributed by atoms with van der Waals surface area (Å²) in [4.78, 5) is 26.1. The van der Waals surface area contributed by atoms with Crippen molar-refractivity contribution in [3.05, 3.63) is 42.2 Å². The van der Waals surface area contributed by atoms with Crippen molar-refractivity contribution >= 4 is 28.5 Å². The molecule has 0 aliphatic rings. The largest absolute Gasteiger partial charge is 0.361 e. The number of aromatic nitrogens is 4. The van der Waals surface area contributed by atoms with E-state index < -0.39 is 0 Å². The van der Waals surface area contributed by atoms with Crippen LogP contribution in [0.5, 0.6) is 0 Å². The Bertz CT molecular complexity index is 866. The summed E-state index contributed by atoms with van der Waals surface area (Å²) in [5.41, 5.74) is 2.26. The number of amides is 2. The molecule has 8 heteroatoms. The van der Waals surface area contributed by atoms with Crippen molar-refractivity contribution in [1.82, 2.24) is 25.3 Å². The lowest BCUT2D eigenvalue weighted by Gasteiger charge is -2.04. The number of nitrogens with zero attached hydrogens (tertiary/aromatic N) is 3. The number of benzene rings is 1. The SMILES string of the molecule is CC(=O)Nc1cn(CC(=O)NCCc2c[nH]c3ccccc23)nn1. The Balaban J connectivity index is 1.49. The Labute approximate surface area is 138 Å². The van der Waals surface area contributed by atoms with Gasteiger partial charge in [0.2, 0.25) is 11.8 Å². The second-order valence-corrected chi connectivity index (χ2v) is 5.44. The minimum atomic E-state index is -0.231. The summed E-state index contributed by atoms with van der Waals surface area (Å²) >= 11 is 0. The summed E-state index contributed by atoms with van der Waals surface area (Å²) in [5.74, 6) is -0.0616. The molecule has 2 heterocycles. The molecule has 3 N–H and O–H groups in total. The maximum absolute atomic E-state index is 11.9. The molecule has 2 amide bonds. The number of fused-ring (bicyclic) bond motifs is 1. The molecular formula is C16H18N6O2. The highest BCUT2D eigenvalue weighted by atomic mass is 16.2. The molecule has 0 spiro atoms. The van der Waals surface area contributed by atoms with Gasteiger partial charge in [-0.2, -0.15) is 0 Å². The average molecular weight is 326 g/mol. The Morgan fingerprint density at radius 2 is 2.12 bits per heavy atom. The van der Waals surface area contributed by atoms with Crippen molar-refractivity contribution in [2.45, 2.75) is 19.9 Å². The normalized spacial score (nSPS) is 10.7. The van der Waals surface area contributed by atoms with Crippen LogP contribution in [-0.2, 0) is 22.6 Å². The van der Waals surface area contributed by atoms with Gasteiger partial charge in [0.05, 0.1) is 6.20 Å². The number of rotatable bonds is 6. The highest BCUT2D eigenvalue weighted by Crippen LogP contribution is 2.17. The molecule has 0 saturated carbocycles. The third kappa shape index (κ3) is 3.78. The van der Waals surface area contributed by atoms with Gasteiger partial charge in [-0.05, 0) is 18.1 Å². The highest BCUT2D eigenvalue weighted by Gasteiger charge is 2.07. The molecule has 1 aromatic carbocycles. The quantitative estimate of drug-likeness (QED) is 0.630. The molecule has 3 aromatic rings. The monoisotopic (exact) mass is 326 g/mol. The predicted octanol–water partition coefficient (Wildman–Crippen LogP) is 1.08. The van der Waals surface area contributed by atoms with Gasteiger partial charge in [-0.3, -0.25) is 9.59 Å². The van der Waals surface area contributed by atoms with Gasteiger partial charge in [-0.1, -0.05) is 23.4 Å². The molecule has 0 aliphatic carbocycles. The number of hydrogen-bond acceptors (Lipinski definition) is 4. The number of carbonyl (C=O) groups excluding carboxylic acids is 2. The van der Waals surface area contributed by atoms with Gasteiger partial charge in [0.1, 0.15) is 6.54 Å². The van der Waals surface area contributed by atoms with Crippen LogP contribution in [0.15, 0.2) is 36.7 Å².